The van der Waals surface area contributed by atoms with Crippen LogP contribution in [-0.2, 0) is 17.8 Å². The molecule has 1 aromatic heterocycles. The molecule has 0 fully saturated rings. The van der Waals surface area contributed by atoms with Crippen molar-refractivity contribution in [2.24, 2.45) is 5.92 Å². The number of hydrogen-bond donors (Lipinski definition) is 2. The van der Waals surface area contributed by atoms with Gasteiger partial charge in [-0.05, 0) is 22.8 Å². The number of amides is 1. The van der Waals surface area contributed by atoms with Crippen LogP contribution in [0.1, 0.15) is 16.1 Å². The highest BCUT2D eigenvalue weighted by Crippen LogP contribution is 2.22. The van der Waals surface area contributed by atoms with Gasteiger partial charge in [-0.2, -0.15) is 5.10 Å². The zero-order valence-corrected chi connectivity index (χ0v) is 14.6. The van der Waals surface area contributed by atoms with Crippen molar-refractivity contribution in [3.63, 3.8) is 0 Å². The Labute approximate surface area is 155 Å². The minimum absolute atomic E-state index is 0.0282. The summed E-state index contributed by atoms with van der Waals surface area (Å²) < 4.78 is 6.96. The molecule has 0 aliphatic carbocycles. The summed E-state index contributed by atoms with van der Waals surface area (Å²) >= 11 is 0. The summed E-state index contributed by atoms with van der Waals surface area (Å²) in [5.74, 6) is -1.51. The van der Waals surface area contributed by atoms with Crippen LogP contribution in [0.4, 0.5) is 0 Å². The van der Waals surface area contributed by atoms with E-state index in [1.165, 1.54) is 0 Å². The number of hydrogen-bond acceptors (Lipinski definition) is 4. The first kappa shape index (κ1) is 17.1. The normalized spacial score (nSPS) is 13.8. The van der Waals surface area contributed by atoms with E-state index >= 15 is 0 Å². The summed E-state index contributed by atoms with van der Waals surface area (Å²) in [4.78, 5) is 24.0. The topological polar surface area (TPSA) is 93.5 Å². The van der Waals surface area contributed by atoms with Gasteiger partial charge in [0, 0.05) is 12.6 Å². The van der Waals surface area contributed by atoms with Crippen LogP contribution in [0.3, 0.4) is 0 Å². The number of benzene rings is 2. The van der Waals surface area contributed by atoms with Crippen molar-refractivity contribution < 1.29 is 19.4 Å². The molecule has 7 nitrogen and oxygen atoms in total. The van der Waals surface area contributed by atoms with Crippen LogP contribution in [0.25, 0.3) is 10.8 Å². The Hall–Kier alpha value is -3.35. The first-order chi connectivity index (χ1) is 13.1. The number of aromatic nitrogens is 2. The molecule has 0 saturated carbocycles. The van der Waals surface area contributed by atoms with Gasteiger partial charge in [-0.1, -0.05) is 42.5 Å². The molecule has 0 spiro atoms. The van der Waals surface area contributed by atoms with Crippen LogP contribution in [0.2, 0.25) is 0 Å². The second-order valence-electron chi connectivity index (χ2n) is 6.53. The fourth-order valence-corrected chi connectivity index (χ4v) is 3.31. The van der Waals surface area contributed by atoms with E-state index in [0.717, 1.165) is 16.3 Å². The van der Waals surface area contributed by atoms with Gasteiger partial charge in [-0.15, -0.1) is 0 Å². The van der Waals surface area contributed by atoms with Gasteiger partial charge in [0.15, 0.2) is 5.69 Å². The van der Waals surface area contributed by atoms with Crippen molar-refractivity contribution in [3.8, 4) is 5.88 Å². The van der Waals surface area contributed by atoms with E-state index in [1.807, 2.05) is 42.5 Å². The zero-order chi connectivity index (χ0) is 18.8. The van der Waals surface area contributed by atoms with E-state index < -0.39 is 17.8 Å². The Morgan fingerprint density at radius 3 is 2.85 bits per heavy atom. The zero-order valence-electron chi connectivity index (χ0n) is 14.6. The predicted molar refractivity (Wildman–Crippen MR) is 98.8 cm³/mol. The number of ether oxygens (including phenoxy) is 1. The van der Waals surface area contributed by atoms with Gasteiger partial charge in [0.2, 0.25) is 5.88 Å². The molecular weight excluding hydrogens is 346 g/mol. The lowest BCUT2D eigenvalue weighted by atomic mass is 9.95. The minimum atomic E-state index is -0.945. The third-order valence-electron chi connectivity index (χ3n) is 4.73. The molecule has 1 unspecified atom stereocenters. The maximum atomic E-state index is 12.3. The number of rotatable bonds is 6. The molecule has 0 radical (unpaired) electrons. The molecule has 1 amide bonds. The number of aliphatic carboxylic acids is 1. The van der Waals surface area contributed by atoms with Crippen LogP contribution in [0.5, 0.6) is 5.88 Å². The van der Waals surface area contributed by atoms with Gasteiger partial charge in [0.25, 0.3) is 5.91 Å². The smallest absolute Gasteiger partial charge is 0.308 e. The average molecular weight is 365 g/mol. The molecule has 0 bridgehead atoms. The van der Waals surface area contributed by atoms with Crippen molar-refractivity contribution in [3.05, 3.63) is 59.8 Å². The van der Waals surface area contributed by atoms with Crippen molar-refractivity contribution in [1.29, 1.82) is 0 Å². The lowest BCUT2D eigenvalue weighted by Crippen LogP contribution is -2.34. The molecule has 4 rings (SSSR count). The number of carbonyl (C=O) groups is 2. The molecule has 2 heterocycles. The SMILES string of the molecule is O=C(NCC(Cc1cccc2ccccc12)C(=O)O)c1cc2n(n1)CCO2. The lowest BCUT2D eigenvalue weighted by Gasteiger charge is -2.14. The molecule has 1 aliphatic heterocycles. The van der Waals surface area contributed by atoms with Crippen LogP contribution >= 0.6 is 0 Å². The molecule has 138 valence electrons. The fraction of sp³-hybridized carbons (Fsp3) is 0.250. The monoisotopic (exact) mass is 365 g/mol. The number of fused-ring (bicyclic) bond motifs is 2. The molecular formula is C20H19N3O4. The van der Waals surface area contributed by atoms with E-state index in [-0.39, 0.29) is 12.2 Å². The maximum absolute atomic E-state index is 12.3. The Morgan fingerprint density at radius 1 is 1.22 bits per heavy atom. The van der Waals surface area contributed by atoms with Crippen molar-refractivity contribution in [1.82, 2.24) is 15.1 Å². The van der Waals surface area contributed by atoms with Gasteiger partial charge >= 0.3 is 5.97 Å². The predicted octanol–water partition coefficient (Wildman–Crippen LogP) is 2.10. The van der Waals surface area contributed by atoms with Crippen LogP contribution in [0.15, 0.2) is 48.5 Å². The van der Waals surface area contributed by atoms with Gasteiger partial charge in [-0.25, -0.2) is 4.68 Å². The molecule has 2 N–H and O–H groups in total. The first-order valence-electron chi connectivity index (χ1n) is 8.80. The summed E-state index contributed by atoms with van der Waals surface area (Å²) in [6, 6.07) is 15.3. The van der Waals surface area contributed by atoms with E-state index in [2.05, 4.69) is 10.4 Å². The highest BCUT2D eigenvalue weighted by atomic mass is 16.5. The summed E-state index contributed by atoms with van der Waals surface area (Å²) in [7, 11) is 0. The molecule has 2 aromatic carbocycles. The summed E-state index contributed by atoms with van der Waals surface area (Å²) in [6.45, 7) is 1.19. The van der Waals surface area contributed by atoms with E-state index in [1.54, 1.807) is 10.7 Å². The first-order valence-corrected chi connectivity index (χ1v) is 8.80. The van der Waals surface area contributed by atoms with Crippen molar-refractivity contribution in [2.75, 3.05) is 13.2 Å². The third kappa shape index (κ3) is 3.48. The quantitative estimate of drug-likeness (QED) is 0.698. The Bertz CT molecular complexity index is 985. The van der Waals surface area contributed by atoms with Crippen LogP contribution in [0, 0.1) is 5.92 Å². The molecule has 7 heteroatoms. The van der Waals surface area contributed by atoms with Gasteiger partial charge in [0.05, 0.1) is 12.5 Å². The number of nitrogens with zero attached hydrogens (tertiary/aromatic N) is 2. The second kappa shape index (κ2) is 7.11. The number of carboxylic acid groups (broad SMARTS) is 1. The Balaban J connectivity index is 1.46. The Kier molecular flexibility index (Phi) is 4.50. The Morgan fingerprint density at radius 2 is 2.04 bits per heavy atom. The van der Waals surface area contributed by atoms with E-state index in [4.69, 9.17) is 4.74 Å². The highest BCUT2D eigenvalue weighted by molar-refractivity contribution is 5.93. The lowest BCUT2D eigenvalue weighted by molar-refractivity contribution is -0.141. The van der Waals surface area contributed by atoms with Gasteiger partial charge in [0.1, 0.15) is 6.61 Å². The summed E-state index contributed by atoms with van der Waals surface area (Å²) in [5, 5.41) is 18.5. The van der Waals surface area contributed by atoms with E-state index in [9.17, 15) is 14.7 Å². The molecule has 27 heavy (non-hydrogen) atoms. The third-order valence-corrected chi connectivity index (χ3v) is 4.73. The molecule has 0 saturated heterocycles. The number of nitrogens with one attached hydrogen (secondary N) is 1. The largest absolute Gasteiger partial charge is 0.481 e. The van der Waals surface area contributed by atoms with Crippen molar-refractivity contribution in [2.45, 2.75) is 13.0 Å². The average Bonchev–Trinajstić information content (AvgIpc) is 3.27. The fourth-order valence-electron chi connectivity index (χ4n) is 3.31. The van der Waals surface area contributed by atoms with Crippen LogP contribution < -0.4 is 10.1 Å². The van der Waals surface area contributed by atoms with E-state index in [0.29, 0.717) is 25.5 Å². The molecule has 3 aromatic rings. The van der Waals surface area contributed by atoms with Gasteiger partial charge in [-0.3, -0.25) is 9.59 Å². The number of carbonyl (C=O) groups excluding carboxylic acids is 1. The highest BCUT2D eigenvalue weighted by Gasteiger charge is 2.23. The summed E-state index contributed by atoms with van der Waals surface area (Å²) in [5.41, 5.74) is 1.18. The van der Waals surface area contributed by atoms with Crippen molar-refractivity contribution >= 4 is 22.6 Å². The number of carboxylic acids is 1. The molecule has 1 atom stereocenters. The minimum Gasteiger partial charge on any atom is -0.481 e. The van der Waals surface area contributed by atoms with Crippen LogP contribution in [-0.4, -0.2) is 39.9 Å². The second-order valence-corrected chi connectivity index (χ2v) is 6.53. The standard InChI is InChI=1S/C20H19N3O4/c24-19(17-11-18-23(22-17)8-9-27-18)21-12-15(20(25)26)10-14-6-3-5-13-4-1-2-7-16(13)14/h1-7,11,15H,8-10,12H2,(H,21,24)(H,25,26). The van der Waals surface area contributed by atoms with Gasteiger partial charge < -0.3 is 15.2 Å². The maximum Gasteiger partial charge on any atom is 0.308 e. The summed E-state index contributed by atoms with van der Waals surface area (Å²) in [6.07, 6.45) is 0.333. The molecule has 1 aliphatic rings.